The number of para-hydroxylation sites is 1. The van der Waals surface area contributed by atoms with E-state index in [4.69, 9.17) is 5.73 Å². The Morgan fingerprint density at radius 2 is 2.15 bits per heavy atom. The number of nitrogen functional groups attached to an aromatic ring is 1. The largest absolute Gasteiger partial charge is 0.398 e. The molecule has 2 rings (SSSR count). The van der Waals surface area contributed by atoms with Gasteiger partial charge in [0.2, 0.25) is 5.91 Å². The van der Waals surface area contributed by atoms with Crippen molar-refractivity contribution in [1.29, 1.82) is 0 Å². The zero-order valence-corrected chi connectivity index (χ0v) is 12.8. The van der Waals surface area contributed by atoms with Crippen LogP contribution in [0.1, 0.15) is 32.6 Å². The van der Waals surface area contributed by atoms with Crippen molar-refractivity contribution in [3.8, 4) is 0 Å². The topological polar surface area (TPSA) is 46.3 Å². The van der Waals surface area contributed by atoms with Crippen LogP contribution in [-0.2, 0) is 4.79 Å². The number of carbonyl (C=O) groups excluding carboxylic acids is 1. The van der Waals surface area contributed by atoms with Crippen molar-refractivity contribution in [3.05, 3.63) is 36.0 Å². The molecule has 0 unspecified atom stereocenters. The van der Waals surface area contributed by atoms with Gasteiger partial charge in [0.05, 0.1) is 5.75 Å². The first-order chi connectivity index (χ1) is 9.72. The van der Waals surface area contributed by atoms with Gasteiger partial charge in [-0.2, -0.15) is 0 Å². The maximum absolute atomic E-state index is 12.4. The van der Waals surface area contributed by atoms with Crippen molar-refractivity contribution in [2.24, 2.45) is 0 Å². The van der Waals surface area contributed by atoms with Gasteiger partial charge in [-0.15, -0.1) is 11.8 Å². The summed E-state index contributed by atoms with van der Waals surface area (Å²) in [4.78, 5) is 15.3. The third-order valence-corrected chi connectivity index (χ3v) is 4.58. The number of benzene rings is 1. The molecule has 0 radical (unpaired) electrons. The van der Waals surface area contributed by atoms with Gasteiger partial charge in [0.25, 0.3) is 0 Å². The van der Waals surface area contributed by atoms with E-state index in [2.05, 4.69) is 6.08 Å². The van der Waals surface area contributed by atoms with Gasteiger partial charge in [-0.25, -0.2) is 0 Å². The van der Waals surface area contributed by atoms with Crippen LogP contribution in [0, 0.1) is 0 Å². The summed E-state index contributed by atoms with van der Waals surface area (Å²) in [5.41, 5.74) is 7.84. The molecule has 4 heteroatoms. The van der Waals surface area contributed by atoms with Gasteiger partial charge in [-0.05, 0) is 44.7 Å². The lowest BCUT2D eigenvalue weighted by atomic mass is 10.0. The number of carbonyl (C=O) groups is 1. The van der Waals surface area contributed by atoms with Crippen LogP contribution in [0.2, 0.25) is 0 Å². The van der Waals surface area contributed by atoms with Crippen LogP contribution in [0.5, 0.6) is 0 Å². The Kier molecular flexibility index (Phi) is 5.53. The quantitative estimate of drug-likeness (QED) is 0.665. The molecule has 0 atom stereocenters. The first-order valence-electron chi connectivity index (χ1n) is 7.19. The van der Waals surface area contributed by atoms with Crippen LogP contribution in [0.4, 0.5) is 5.69 Å². The second-order valence-corrected chi connectivity index (χ2v) is 5.92. The molecular weight excluding hydrogens is 268 g/mol. The molecule has 20 heavy (non-hydrogen) atoms. The molecule has 1 aromatic rings. The van der Waals surface area contributed by atoms with E-state index in [0.717, 1.165) is 30.0 Å². The van der Waals surface area contributed by atoms with Gasteiger partial charge in [-0.1, -0.05) is 18.2 Å². The lowest BCUT2D eigenvalue weighted by Crippen LogP contribution is -2.32. The molecule has 0 saturated carbocycles. The number of amides is 1. The fraction of sp³-hybridized carbons (Fsp3) is 0.438. The molecule has 0 aromatic heterocycles. The number of allylic oxidation sites excluding steroid dienone is 2. The van der Waals surface area contributed by atoms with Gasteiger partial charge < -0.3 is 10.6 Å². The van der Waals surface area contributed by atoms with Gasteiger partial charge in [-0.3, -0.25) is 4.79 Å². The average Bonchev–Trinajstić information content (AvgIpc) is 2.48. The van der Waals surface area contributed by atoms with Crippen molar-refractivity contribution in [3.63, 3.8) is 0 Å². The van der Waals surface area contributed by atoms with Gasteiger partial charge in [0, 0.05) is 22.8 Å². The number of nitrogens with two attached hydrogens (primary N) is 1. The first kappa shape index (κ1) is 15.0. The highest BCUT2D eigenvalue weighted by Gasteiger charge is 2.18. The third kappa shape index (κ3) is 3.79. The van der Waals surface area contributed by atoms with Crippen LogP contribution in [0.3, 0.4) is 0 Å². The molecule has 0 aliphatic heterocycles. The minimum Gasteiger partial charge on any atom is -0.398 e. The number of nitrogens with zero attached hydrogens (tertiary/aromatic N) is 1. The fourth-order valence-electron chi connectivity index (χ4n) is 2.44. The van der Waals surface area contributed by atoms with Crippen LogP contribution in [0.25, 0.3) is 0 Å². The number of anilines is 1. The van der Waals surface area contributed by atoms with Crippen LogP contribution < -0.4 is 5.73 Å². The predicted octanol–water partition coefficient (Wildman–Crippen LogP) is 3.67. The van der Waals surface area contributed by atoms with E-state index in [9.17, 15) is 4.79 Å². The fourth-order valence-corrected chi connectivity index (χ4v) is 3.28. The Labute approximate surface area is 125 Å². The van der Waals surface area contributed by atoms with Gasteiger partial charge in [0.1, 0.15) is 0 Å². The summed E-state index contributed by atoms with van der Waals surface area (Å²) in [6.45, 7) is 2.78. The lowest BCUT2D eigenvalue weighted by molar-refractivity contribution is -0.126. The van der Waals surface area contributed by atoms with E-state index >= 15 is 0 Å². The molecule has 0 saturated heterocycles. The molecule has 0 spiro atoms. The smallest absolute Gasteiger partial charge is 0.237 e. The number of thioether (sulfide) groups is 1. The van der Waals surface area contributed by atoms with Crippen LogP contribution in [-0.4, -0.2) is 23.1 Å². The van der Waals surface area contributed by atoms with Crippen molar-refractivity contribution in [2.45, 2.75) is 37.5 Å². The third-order valence-electron chi connectivity index (χ3n) is 3.50. The minimum atomic E-state index is 0.175. The predicted molar refractivity (Wildman–Crippen MR) is 85.5 cm³/mol. The highest BCUT2D eigenvalue weighted by atomic mass is 32.2. The summed E-state index contributed by atoms with van der Waals surface area (Å²) in [6.07, 6.45) is 6.76. The monoisotopic (exact) mass is 290 g/mol. The normalized spacial score (nSPS) is 14.8. The average molecular weight is 290 g/mol. The van der Waals surface area contributed by atoms with E-state index in [1.807, 2.05) is 36.1 Å². The SMILES string of the molecule is CCN(C(=O)CSc1ccccc1N)C1=CCCCC1. The van der Waals surface area contributed by atoms with E-state index in [0.29, 0.717) is 5.75 Å². The summed E-state index contributed by atoms with van der Waals surface area (Å²) in [5, 5.41) is 0. The molecule has 0 bridgehead atoms. The zero-order chi connectivity index (χ0) is 14.4. The Hall–Kier alpha value is -1.42. The van der Waals surface area contributed by atoms with E-state index in [1.54, 1.807) is 0 Å². The molecule has 3 nitrogen and oxygen atoms in total. The highest BCUT2D eigenvalue weighted by molar-refractivity contribution is 8.00. The van der Waals surface area contributed by atoms with Crippen LogP contribution >= 0.6 is 11.8 Å². The van der Waals surface area contributed by atoms with E-state index in [-0.39, 0.29) is 5.91 Å². The Morgan fingerprint density at radius 1 is 1.35 bits per heavy atom. The van der Waals surface area contributed by atoms with Crippen molar-refractivity contribution >= 4 is 23.4 Å². The van der Waals surface area contributed by atoms with Gasteiger partial charge >= 0.3 is 0 Å². The first-order valence-corrected chi connectivity index (χ1v) is 8.17. The summed E-state index contributed by atoms with van der Waals surface area (Å²) >= 11 is 1.52. The molecule has 1 aliphatic rings. The summed E-state index contributed by atoms with van der Waals surface area (Å²) in [7, 11) is 0. The maximum atomic E-state index is 12.4. The maximum Gasteiger partial charge on any atom is 0.237 e. The van der Waals surface area contributed by atoms with Gasteiger partial charge in [0.15, 0.2) is 0 Å². The van der Waals surface area contributed by atoms with Crippen molar-refractivity contribution in [2.75, 3.05) is 18.0 Å². The Balaban J connectivity index is 1.96. The Bertz CT molecular complexity index is 499. The van der Waals surface area contributed by atoms with Crippen molar-refractivity contribution < 1.29 is 4.79 Å². The highest BCUT2D eigenvalue weighted by Crippen LogP contribution is 2.26. The Morgan fingerprint density at radius 3 is 2.80 bits per heavy atom. The molecular formula is C16H22N2OS. The van der Waals surface area contributed by atoms with Crippen molar-refractivity contribution in [1.82, 2.24) is 4.90 Å². The lowest BCUT2D eigenvalue weighted by Gasteiger charge is -2.26. The summed E-state index contributed by atoms with van der Waals surface area (Å²) in [6, 6.07) is 7.69. The minimum absolute atomic E-state index is 0.175. The van der Waals surface area contributed by atoms with Crippen LogP contribution in [0.15, 0.2) is 40.9 Å². The molecule has 1 aliphatic carbocycles. The molecule has 2 N–H and O–H groups in total. The second kappa shape index (κ2) is 7.39. The summed E-state index contributed by atoms with van der Waals surface area (Å²) < 4.78 is 0. The number of hydrogen-bond acceptors (Lipinski definition) is 3. The standard InChI is InChI=1S/C16H22N2OS/c1-2-18(13-8-4-3-5-9-13)16(19)12-20-15-11-7-6-10-14(15)17/h6-8,10-11H,2-5,9,12,17H2,1H3. The molecule has 1 aromatic carbocycles. The zero-order valence-electron chi connectivity index (χ0n) is 12.0. The molecule has 0 fully saturated rings. The van der Waals surface area contributed by atoms with E-state index in [1.165, 1.54) is 30.3 Å². The second-order valence-electron chi connectivity index (χ2n) is 4.91. The molecule has 108 valence electrons. The van der Waals surface area contributed by atoms with E-state index < -0.39 is 0 Å². The molecule has 1 amide bonds. The summed E-state index contributed by atoms with van der Waals surface area (Å²) in [5.74, 6) is 0.619. The molecule has 0 heterocycles. The number of hydrogen-bond donors (Lipinski definition) is 1. The number of rotatable bonds is 5.